The second kappa shape index (κ2) is 6.87. The van der Waals surface area contributed by atoms with Gasteiger partial charge < -0.3 is 10.2 Å². The van der Waals surface area contributed by atoms with E-state index in [-0.39, 0.29) is 36.1 Å². The summed E-state index contributed by atoms with van der Waals surface area (Å²) >= 11 is 0. The van der Waals surface area contributed by atoms with Crippen LogP contribution in [0.15, 0.2) is 18.2 Å². The Kier molecular flexibility index (Phi) is 5.69. The molecule has 0 aliphatic carbocycles. The van der Waals surface area contributed by atoms with Crippen LogP contribution in [-0.2, 0) is 0 Å². The maximum absolute atomic E-state index is 12.6. The van der Waals surface area contributed by atoms with Crippen molar-refractivity contribution in [3.8, 4) is 0 Å². The van der Waals surface area contributed by atoms with Gasteiger partial charge in [0.05, 0.1) is 4.92 Å². The summed E-state index contributed by atoms with van der Waals surface area (Å²) in [6.07, 6.45) is 0. The summed E-state index contributed by atoms with van der Waals surface area (Å²) in [5, 5.41) is 14.2. The molecule has 6 nitrogen and oxygen atoms in total. The number of piperazine rings is 1. The second-order valence-electron chi connectivity index (χ2n) is 5.44. The van der Waals surface area contributed by atoms with Gasteiger partial charge in [0.1, 0.15) is 0 Å². The molecule has 21 heavy (non-hydrogen) atoms. The Morgan fingerprint density at radius 3 is 2.43 bits per heavy atom. The zero-order valence-electron chi connectivity index (χ0n) is 12.3. The summed E-state index contributed by atoms with van der Waals surface area (Å²) in [5.74, 6) is -0.133. The molecule has 1 amide bonds. The molecule has 0 bridgehead atoms. The second-order valence-corrected chi connectivity index (χ2v) is 5.44. The van der Waals surface area contributed by atoms with Crippen molar-refractivity contribution in [2.45, 2.75) is 32.9 Å². The predicted octanol–water partition coefficient (Wildman–Crippen LogP) is 2.15. The molecule has 2 atom stereocenters. The Hall–Kier alpha value is -1.66. The molecule has 1 heterocycles. The Morgan fingerprint density at radius 1 is 1.33 bits per heavy atom. The number of non-ortho nitro benzene ring substituents is 1. The Morgan fingerprint density at radius 2 is 1.90 bits per heavy atom. The van der Waals surface area contributed by atoms with Crippen LogP contribution in [0.25, 0.3) is 0 Å². The number of aryl methyl sites for hydroxylation is 1. The first-order valence-electron chi connectivity index (χ1n) is 6.69. The van der Waals surface area contributed by atoms with Crippen LogP contribution in [0.3, 0.4) is 0 Å². The van der Waals surface area contributed by atoms with Gasteiger partial charge in [-0.3, -0.25) is 14.9 Å². The lowest BCUT2D eigenvalue weighted by Gasteiger charge is -2.36. The molecule has 1 N–H and O–H groups in total. The molecule has 2 rings (SSSR count). The first kappa shape index (κ1) is 17.4. The van der Waals surface area contributed by atoms with Gasteiger partial charge in [0, 0.05) is 42.9 Å². The van der Waals surface area contributed by atoms with Gasteiger partial charge in [0.15, 0.2) is 0 Å². The van der Waals surface area contributed by atoms with E-state index in [1.807, 2.05) is 13.8 Å². The van der Waals surface area contributed by atoms with Crippen molar-refractivity contribution in [1.29, 1.82) is 0 Å². The van der Waals surface area contributed by atoms with Crippen molar-refractivity contribution >= 4 is 24.0 Å². The average molecular weight is 314 g/mol. The minimum Gasteiger partial charge on any atom is -0.336 e. The molecule has 2 unspecified atom stereocenters. The largest absolute Gasteiger partial charge is 0.336 e. The number of carbonyl (C=O) groups excluding carboxylic acids is 1. The lowest BCUT2D eigenvalue weighted by molar-refractivity contribution is -0.384. The molecular formula is C14H20ClN3O3. The van der Waals surface area contributed by atoms with Crippen LogP contribution >= 0.6 is 12.4 Å². The van der Waals surface area contributed by atoms with E-state index in [2.05, 4.69) is 5.32 Å². The molecule has 0 spiro atoms. The van der Waals surface area contributed by atoms with Gasteiger partial charge in [0.2, 0.25) is 0 Å². The third-order valence-corrected chi connectivity index (χ3v) is 3.51. The van der Waals surface area contributed by atoms with Gasteiger partial charge in [-0.25, -0.2) is 0 Å². The Labute approximate surface area is 130 Å². The quantitative estimate of drug-likeness (QED) is 0.670. The van der Waals surface area contributed by atoms with E-state index in [0.717, 1.165) is 5.56 Å². The number of nitrogens with one attached hydrogen (secondary N) is 1. The average Bonchev–Trinajstić information content (AvgIpc) is 2.37. The number of amides is 1. The lowest BCUT2D eigenvalue weighted by atomic mass is 10.0. The van der Waals surface area contributed by atoms with Crippen molar-refractivity contribution in [3.63, 3.8) is 0 Å². The molecule has 1 aliphatic heterocycles. The van der Waals surface area contributed by atoms with E-state index in [4.69, 9.17) is 0 Å². The summed E-state index contributed by atoms with van der Waals surface area (Å²) in [6, 6.07) is 4.87. The van der Waals surface area contributed by atoms with Crippen molar-refractivity contribution in [2.75, 3.05) is 13.1 Å². The van der Waals surface area contributed by atoms with Gasteiger partial charge >= 0.3 is 0 Å². The number of halogens is 1. The third kappa shape index (κ3) is 3.92. The number of hydrogen-bond donors (Lipinski definition) is 1. The van der Waals surface area contributed by atoms with Crippen molar-refractivity contribution in [3.05, 3.63) is 39.4 Å². The van der Waals surface area contributed by atoms with Crippen LogP contribution in [0.2, 0.25) is 0 Å². The molecule has 1 saturated heterocycles. The van der Waals surface area contributed by atoms with Gasteiger partial charge in [-0.05, 0) is 26.3 Å². The van der Waals surface area contributed by atoms with Crippen molar-refractivity contribution in [2.24, 2.45) is 0 Å². The van der Waals surface area contributed by atoms with Gasteiger partial charge in [0.25, 0.3) is 11.6 Å². The van der Waals surface area contributed by atoms with E-state index >= 15 is 0 Å². The maximum Gasteiger partial charge on any atom is 0.270 e. The molecule has 1 aliphatic rings. The number of nitrogens with zero attached hydrogens (tertiary/aromatic N) is 2. The first-order valence-corrected chi connectivity index (χ1v) is 6.69. The Balaban J connectivity index is 0.00000220. The van der Waals surface area contributed by atoms with Gasteiger partial charge in [-0.2, -0.15) is 0 Å². The van der Waals surface area contributed by atoms with Crippen LogP contribution in [-0.4, -0.2) is 40.9 Å². The molecule has 7 heteroatoms. The van der Waals surface area contributed by atoms with E-state index in [1.54, 1.807) is 17.9 Å². The molecular weight excluding hydrogens is 294 g/mol. The van der Waals surface area contributed by atoms with Crippen LogP contribution in [0.1, 0.15) is 29.8 Å². The van der Waals surface area contributed by atoms with Crippen LogP contribution in [0, 0.1) is 17.0 Å². The molecule has 116 valence electrons. The maximum atomic E-state index is 12.6. The zero-order chi connectivity index (χ0) is 14.9. The highest BCUT2D eigenvalue weighted by Crippen LogP contribution is 2.20. The highest BCUT2D eigenvalue weighted by molar-refractivity contribution is 5.96. The van der Waals surface area contributed by atoms with Crippen molar-refractivity contribution < 1.29 is 9.72 Å². The van der Waals surface area contributed by atoms with Crippen LogP contribution < -0.4 is 5.32 Å². The van der Waals surface area contributed by atoms with E-state index < -0.39 is 4.92 Å². The summed E-state index contributed by atoms with van der Waals surface area (Å²) < 4.78 is 0. The highest BCUT2D eigenvalue weighted by atomic mass is 35.5. The monoisotopic (exact) mass is 313 g/mol. The summed E-state index contributed by atoms with van der Waals surface area (Å²) in [6.45, 7) is 7.08. The summed E-state index contributed by atoms with van der Waals surface area (Å²) in [7, 11) is 0. The summed E-state index contributed by atoms with van der Waals surface area (Å²) in [5.41, 5.74) is 1.13. The minimum absolute atomic E-state index is 0. The Bertz CT molecular complexity index is 540. The molecule has 0 saturated carbocycles. The van der Waals surface area contributed by atoms with Crippen LogP contribution in [0.4, 0.5) is 5.69 Å². The SMILES string of the molecule is Cc1ccc([N+](=O)[O-])cc1C(=O)N1CC(C)NC(C)C1.Cl. The predicted molar refractivity (Wildman–Crippen MR) is 83.0 cm³/mol. The van der Waals surface area contributed by atoms with E-state index in [1.165, 1.54) is 12.1 Å². The number of carbonyl (C=O) groups is 1. The normalized spacial score (nSPS) is 21.6. The van der Waals surface area contributed by atoms with E-state index in [0.29, 0.717) is 18.7 Å². The fourth-order valence-corrected chi connectivity index (χ4v) is 2.62. The molecule has 1 aromatic rings. The number of benzene rings is 1. The van der Waals surface area contributed by atoms with Crippen LogP contribution in [0.5, 0.6) is 0 Å². The highest BCUT2D eigenvalue weighted by Gasteiger charge is 2.27. The molecule has 0 radical (unpaired) electrons. The van der Waals surface area contributed by atoms with Gasteiger partial charge in [-0.15, -0.1) is 12.4 Å². The fraction of sp³-hybridized carbons (Fsp3) is 0.500. The molecule has 1 fully saturated rings. The number of hydrogen-bond acceptors (Lipinski definition) is 4. The standard InChI is InChI=1S/C14H19N3O3.ClH/c1-9-4-5-12(17(19)20)6-13(9)14(18)16-7-10(2)15-11(3)8-16;/h4-6,10-11,15H,7-8H2,1-3H3;1H. The van der Waals surface area contributed by atoms with Crippen molar-refractivity contribution in [1.82, 2.24) is 10.2 Å². The molecule has 1 aromatic carbocycles. The zero-order valence-corrected chi connectivity index (χ0v) is 13.1. The van der Waals surface area contributed by atoms with Gasteiger partial charge in [-0.1, -0.05) is 6.07 Å². The topological polar surface area (TPSA) is 75.5 Å². The fourth-order valence-electron chi connectivity index (χ4n) is 2.62. The summed E-state index contributed by atoms with van der Waals surface area (Å²) in [4.78, 5) is 24.7. The number of nitro benzene ring substituents is 1. The van der Waals surface area contributed by atoms with E-state index in [9.17, 15) is 14.9 Å². The third-order valence-electron chi connectivity index (χ3n) is 3.51. The lowest BCUT2D eigenvalue weighted by Crippen LogP contribution is -2.55. The number of rotatable bonds is 2. The first-order chi connectivity index (χ1) is 9.38. The smallest absolute Gasteiger partial charge is 0.270 e. The molecule has 0 aromatic heterocycles. The number of nitro groups is 1. The minimum atomic E-state index is -0.473.